The molecule has 0 N–H and O–H groups in total. The van der Waals surface area contributed by atoms with Gasteiger partial charge in [-0.25, -0.2) is 4.39 Å². The normalized spacial score (nSPS) is 13.2. The Labute approximate surface area is 96.1 Å². The van der Waals surface area contributed by atoms with Gasteiger partial charge in [-0.05, 0) is 52.1 Å². The highest BCUT2D eigenvalue weighted by molar-refractivity contribution is 5.99. The molecule has 0 aliphatic carbocycles. The summed E-state index contributed by atoms with van der Waals surface area (Å²) in [5, 5.41) is 0. The van der Waals surface area contributed by atoms with Gasteiger partial charge in [0.2, 0.25) is 0 Å². The molecule has 0 saturated heterocycles. The van der Waals surface area contributed by atoms with E-state index in [4.69, 9.17) is 0 Å². The molecule has 0 spiro atoms. The average Bonchev–Trinajstić information content (AvgIpc) is 2.27. The van der Waals surface area contributed by atoms with Gasteiger partial charge in [0.15, 0.2) is 5.78 Å². The third kappa shape index (κ3) is 2.89. The summed E-state index contributed by atoms with van der Waals surface area (Å²) in [4.78, 5) is 14.0. The number of halogens is 1. The lowest BCUT2D eigenvalue weighted by Crippen LogP contribution is -2.40. The molecule has 2 nitrogen and oxygen atoms in total. The summed E-state index contributed by atoms with van der Waals surface area (Å²) in [5.74, 6) is -0.294. The molecule has 3 heteroatoms. The Morgan fingerprint density at radius 3 is 2.12 bits per heavy atom. The zero-order valence-corrected chi connectivity index (χ0v) is 10.2. The fraction of sp³-hybridized carbons (Fsp3) is 0.462. The van der Waals surface area contributed by atoms with Crippen LogP contribution in [0.3, 0.4) is 0 Å². The van der Waals surface area contributed by atoms with Gasteiger partial charge in [-0.1, -0.05) is 0 Å². The van der Waals surface area contributed by atoms with Crippen molar-refractivity contribution < 1.29 is 9.18 Å². The van der Waals surface area contributed by atoms with Gasteiger partial charge in [0.1, 0.15) is 5.82 Å². The van der Waals surface area contributed by atoms with Crippen molar-refractivity contribution in [3.05, 3.63) is 35.6 Å². The SMILES string of the molecule is CC(C)N(C)C(C)C(=O)c1ccc(F)cc1. The van der Waals surface area contributed by atoms with E-state index in [0.717, 1.165) is 0 Å². The standard InChI is InChI=1S/C13H18FNO/c1-9(2)15(4)10(3)13(16)11-5-7-12(14)8-6-11/h5-10H,1-4H3. The summed E-state index contributed by atoms with van der Waals surface area (Å²) in [5.41, 5.74) is 0.557. The van der Waals surface area contributed by atoms with Gasteiger partial charge in [0, 0.05) is 11.6 Å². The molecule has 1 rings (SSSR count). The topological polar surface area (TPSA) is 20.3 Å². The summed E-state index contributed by atoms with van der Waals surface area (Å²) in [6.07, 6.45) is 0. The molecule has 0 radical (unpaired) electrons. The first-order valence-electron chi connectivity index (χ1n) is 5.45. The van der Waals surface area contributed by atoms with Gasteiger partial charge in [-0.3, -0.25) is 9.69 Å². The van der Waals surface area contributed by atoms with E-state index in [1.165, 1.54) is 24.3 Å². The van der Waals surface area contributed by atoms with E-state index in [9.17, 15) is 9.18 Å². The van der Waals surface area contributed by atoms with Crippen molar-refractivity contribution in [2.45, 2.75) is 32.9 Å². The monoisotopic (exact) mass is 223 g/mol. The molecule has 1 aromatic carbocycles. The van der Waals surface area contributed by atoms with Crippen LogP contribution in [0.2, 0.25) is 0 Å². The van der Waals surface area contributed by atoms with Crippen molar-refractivity contribution in [2.24, 2.45) is 0 Å². The largest absolute Gasteiger partial charge is 0.294 e. The van der Waals surface area contributed by atoms with Crippen LogP contribution in [0.15, 0.2) is 24.3 Å². The van der Waals surface area contributed by atoms with E-state index in [1.54, 1.807) is 0 Å². The molecular weight excluding hydrogens is 205 g/mol. The third-order valence-electron chi connectivity index (χ3n) is 2.93. The molecule has 1 aromatic rings. The van der Waals surface area contributed by atoms with E-state index < -0.39 is 0 Å². The zero-order chi connectivity index (χ0) is 12.3. The van der Waals surface area contributed by atoms with Crippen LogP contribution in [0.1, 0.15) is 31.1 Å². The summed E-state index contributed by atoms with van der Waals surface area (Å²) in [6, 6.07) is 5.81. The van der Waals surface area contributed by atoms with E-state index in [-0.39, 0.29) is 17.6 Å². The lowest BCUT2D eigenvalue weighted by atomic mass is 10.0. The van der Waals surface area contributed by atoms with Crippen LogP contribution in [-0.4, -0.2) is 29.8 Å². The smallest absolute Gasteiger partial charge is 0.179 e. The molecule has 0 aromatic heterocycles. The Bertz CT molecular complexity index is 359. The lowest BCUT2D eigenvalue weighted by molar-refractivity contribution is 0.0836. The van der Waals surface area contributed by atoms with Crippen LogP contribution < -0.4 is 0 Å². The van der Waals surface area contributed by atoms with E-state index in [0.29, 0.717) is 11.6 Å². The molecule has 0 fully saturated rings. The molecule has 16 heavy (non-hydrogen) atoms. The first kappa shape index (κ1) is 12.8. The van der Waals surface area contributed by atoms with Crippen LogP contribution in [-0.2, 0) is 0 Å². The van der Waals surface area contributed by atoms with Gasteiger partial charge in [-0.2, -0.15) is 0 Å². The summed E-state index contributed by atoms with van der Waals surface area (Å²) < 4.78 is 12.7. The first-order chi connectivity index (χ1) is 7.43. The van der Waals surface area contributed by atoms with Crippen molar-refractivity contribution in [2.75, 3.05) is 7.05 Å². The molecule has 1 atom stereocenters. The number of ketones is 1. The van der Waals surface area contributed by atoms with Gasteiger partial charge < -0.3 is 0 Å². The van der Waals surface area contributed by atoms with Crippen LogP contribution >= 0.6 is 0 Å². The van der Waals surface area contributed by atoms with E-state index in [1.807, 2.05) is 32.7 Å². The molecule has 0 aliphatic heterocycles. The van der Waals surface area contributed by atoms with E-state index in [2.05, 4.69) is 0 Å². The average molecular weight is 223 g/mol. The number of likely N-dealkylation sites (N-methyl/N-ethyl adjacent to an activating group) is 1. The maximum atomic E-state index is 12.7. The second-order valence-electron chi connectivity index (χ2n) is 4.31. The Hall–Kier alpha value is -1.22. The van der Waals surface area contributed by atoms with Crippen molar-refractivity contribution >= 4 is 5.78 Å². The number of Topliss-reactive ketones (excluding diaryl/α,β-unsaturated/α-hetero) is 1. The molecule has 0 amide bonds. The fourth-order valence-electron chi connectivity index (χ4n) is 1.49. The highest BCUT2D eigenvalue weighted by Gasteiger charge is 2.21. The predicted molar refractivity (Wildman–Crippen MR) is 63.1 cm³/mol. The molecule has 1 unspecified atom stereocenters. The highest BCUT2D eigenvalue weighted by atomic mass is 19.1. The minimum atomic E-state index is -0.318. The quantitative estimate of drug-likeness (QED) is 0.731. The van der Waals surface area contributed by atoms with Gasteiger partial charge in [0.05, 0.1) is 6.04 Å². The maximum absolute atomic E-state index is 12.7. The Morgan fingerprint density at radius 2 is 1.69 bits per heavy atom. The second kappa shape index (κ2) is 5.21. The minimum absolute atomic E-state index is 0.0243. The van der Waals surface area contributed by atoms with Crippen LogP contribution in [0, 0.1) is 5.82 Å². The van der Waals surface area contributed by atoms with Gasteiger partial charge in [-0.15, -0.1) is 0 Å². The van der Waals surface area contributed by atoms with Crippen molar-refractivity contribution in [3.8, 4) is 0 Å². The van der Waals surface area contributed by atoms with Crippen LogP contribution in [0.25, 0.3) is 0 Å². The van der Waals surface area contributed by atoms with Crippen LogP contribution in [0.4, 0.5) is 4.39 Å². The van der Waals surface area contributed by atoms with E-state index >= 15 is 0 Å². The number of carbonyl (C=O) groups is 1. The number of hydrogen-bond acceptors (Lipinski definition) is 2. The second-order valence-corrected chi connectivity index (χ2v) is 4.31. The highest BCUT2D eigenvalue weighted by Crippen LogP contribution is 2.11. The zero-order valence-electron chi connectivity index (χ0n) is 10.2. The van der Waals surface area contributed by atoms with Gasteiger partial charge >= 0.3 is 0 Å². The fourth-order valence-corrected chi connectivity index (χ4v) is 1.49. The number of rotatable bonds is 4. The molecule has 0 heterocycles. The Morgan fingerprint density at radius 1 is 1.19 bits per heavy atom. The molecular formula is C13H18FNO. The summed E-state index contributed by atoms with van der Waals surface area (Å²) in [7, 11) is 1.91. The number of carbonyl (C=O) groups excluding carboxylic acids is 1. The third-order valence-corrected chi connectivity index (χ3v) is 2.93. The Balaban J connectivity index is 2.82. The predicted octanol–water partition coefficient (Wildman–Crippen LogP) is 2.74. The van der Waals surface area contributed by atoms with Crippen molar-refractivity contribution in [3.63, 3.8) is 0 Å². The van der Waals surface area contributed by atoms with Crippen molar-refractivity contribution in [1.82, 2.24) is 4.90 Å². The molecule has 0 bridgehead atoms. The molecule has 0 aliphatic rings. The maximum Gasteiger partial charge on any atom is 0.179 e. The number of nitrogens with zero attached hydrogens (tertiary/aromatic N) is 1. The van der Waals surface area contributed by atoms with Gasteiger partial charge in [0.25, 0.3) is 0 Å². The van der Waals surface area contributed by atoms with Crippen molar-refractivity contribution in [1.29, 1.82) is 0 Å². The summed E-state index contributed by atoms with van der Waals surface area (Å²) >= 11 is 0. The lowest BCUT2D eigenvalue weighted by Gasteiger charge is -2.27. The van der Waals surface area contributed by atoms with Crippen LogP contribution in [0.5, 0.6) is 0 Å². The number of benzene rings is 1. The first-order valence-corrected chi connectivity index (χ1v) is 5.45. The molecule has 88 valence electrons. The number of hydrogen-bond donors (Lipinski definition) is 0. The Kier molecular flexibility index (Phi) is 4.19. The minimum Gasteiger partial charge on any atom is -0.294 e. The summed E-state index contributed by atoms with van der Waals surface area (Å²) in [6.45, 7) is 5.94. The molecule has 0 saturated carbocycles.